The summed E-state index contributed by atoms with van der Waals surface area (Å²) in [5.74, 6) is -0.394. The largest absolute Gasteiger partial charge is 0.494 e. The Morgan fingerprint density at radius 3 is 2.44 bits per heavy atom. The van der Waals surface area contributed by atoms with Gasteiger partial charge in [0.1, 0.15) is 5.75 Å². The third kappa shape index (κ3) is 5.87. The van der Waals surface area contributed by atoms with E-state index in [0.717, 1.165) is 24.0 Å². The van der Waals surface area contributed by atoms with Crippen molar-refractivity contribution in [2.24, 2.45) is 0 Å². The van der Waals surface area contributed by atoms with Crippen LogP contribution in [-0.2, 0) is 25.8 Å². The van der Waals surface area contributed by atoms with Crippen LogP contribution in [-0.4, -0.2) is 49.1 Å². The number of benzene rings is 2. The Hall–Kier alpha value is -2.98. The van der Waals surface area contributed by atoms with Gasteiger partial charge in [-0.1, -0.05) is 30.3 Å². The van der Waals surface area contributed by atoms with Gasteiger partial charge < -0.3 is 9.47 Å². The predicted molar refractivity (Wildman–Crippen MR) is 137 cm³/mol. The van der Waals surface area contributed by atoms with Gasteiger partial charge in [0.25, 0.3) is 5.91 Å². The average Bonchev–Trinajstić information content (AvgIpc) is 2.92. The summed E-state index contributed by atoms with van der Waals surface area (Å²) in [5.41, 5.74) is 4.90. The number of hydrogen-bond donors (Lipinski definition) is 2. The third-order valence-corrected chi connectivity index (χ3v) is 8.78. The Morgan fingerprint density at radius 1 is 1.06 bits per heavy atom. The van der Waals surface area contributed by atoms with Gasteiger partial charge in [0.05, 0.1) is 11.5 Å². The standard InChI is InChI=1S/C26H28N2O6S.ClH/c29-25(28-30)26(12-16-33-17-13-26)35(31,32)24-10-8-23(9-11-24)34-15-3-5-20-4-1-6-21(18-20)22-7-2-14-27-19-22;/h1-2,4,6-11,14,18-19,30H,3,5,12-13,15-17H2,(H,28,29);1H. The molecule has 192 valence electrons. The number of halogens is 1. The van der Waals surface area contributed by atoms with E-state index < -0.39 is 20.5 Å². The van der Waals surface area contributed by atoms with Gasteiger partial charge in [0.2, 0.25) is 0 Å². The molecule has 0 bridgehead atoms. The van der Waals surface area contributed by atoms with E-state index in [9.17, 15) is 13.2 Å². The predicted octanol–water partition coefficient (Wildman–Crippen LogP) is 4.01. The van der Waals surface area contributed by atoms with Crippen LogP contribution in [0.2, 0.25) is 0 Å². The number of sulfone groups is 1. The lowest BCUT2D eigenvalue weighted by Gasteiger charge is -2.34. The highest BCUT2D eigenvalue weighted by Crippen LogP contribution is 2.35. The second-order valence-electron chi connectivity index (χ2n) is 8.42. The molecule has 1 amide bonds. The van der Waals surface area contributed by atoms with Crippen LogP contribution >= 0.6 is 12.4 Å². The molecular formula is C26H29ClN2O6S. The summed E-state index contributed by atoms with van der Waals surface area (Å²) in [5, 5.41) is 9.15. The van der Waals surface area contributed by atoms with Crippen LogP contribution in [0.5, 0.6) is 5.75 Å². The number of hydrogen-bond acceptors (Lipinski definition) is 7. The van der Waals surface area contributed by atoms with Gasteiger partial charge in [-0.05, 0) is 72.7 Å². The van der Waals surface area contributed by atoms with Gasteiger partial charge in [0.15, 0.2) is 14.6 Å². The molecule has 1 aromatic heterocycles. The molecule has 2 N–H and O–H groups in total. The Kier molecular flexibility index (Phi) is 9.44. The summed E-state index contributed by atoms with van der Waals surface area (Å²) < 4.78 is 35.9. The molecular weight excluding hydrogens is 504 g/mol. The second-order valence-corrected chi connectivity index (χ2v) is 10.7. The quantitative estimate of drug-likeness (QED) is 0.243. The van der Waals surface area contributed by atoms with Crippen LogP contribution in [0.3, 0.4) is 0 Å². The summed E-state index contributed by atoms with van der Waals surface area (Å²) in [4.78, 5) is 16.5. The Balaban J connectivity index is 0.00000361. The van der Waals surface area contributed by atoms with Crippen molar-refractivity contribution in [3.05, 3.63) is 78.6 Å². The second kappa shape index (κ2) is 12.3. The fraction of sp³-hybridized carbons (Fsp3) is 0.308. The molecule has 10 heteroatoms. The minimum Gasteiger partial charge on any atom is -0.494 e. The molecule has 0 unspecified atom stereocenters. The highest BCUT2D eigenvalue weighted by molar-refractivity contribution is 7.93. The number of carbonyl (C=O) groups is 1. The number of aromatic nitrogens is 1. The molecule has 0 atom stereocenters. The van der Waals surface area contributed by atoms with E-state index in [1.807, 2.05) is 24.4 Å². The van der Waals surface area contributed by atoms with Crippen LogP contribution in [0, 0.1) is 0 Å². The first kappa shape index (κ1) is 27.6. The molecule has 3 aromatic rings. The maximum absolute atomic E-state index is 13.3. The minimum atomic E-state index is -4.05. The summed E-state index contributed by atoms with van der Waals surface area (Å²) >= 11 is 0. The number of ether oxygens (including phenoxy) is 2. The molecule has 0 aliphatic carbocycles. The summed E-state index contributed by atoms with van der Waals surface area (Å²) in [6.45, 7) is 0.718. The average molecular weight is 533 g/mol. The summed E-state index contributed by atoms with van der Waals surface area (Å²) in [7, 11) is -4.05. The Labute approximate surface area is 217 Å². The van der Waals surface area contributed by atoms with Gasteiger partial charge in [-0.25, -0.2) is 13.9 Å². The van der Waals surface area contributed by atoms with Crippen molar-refractivity contribution in [3.8, 4) is 16.9 Å². The van der Waals surface area contributed by atoms with Crippen molar-refractivity contribution < 1.29 is 27.9 Å². The number of carbonyl (C=O) groups excluding carboxylic acids is 1. The lowest BCUT2D eigenvalue weighted by Crippen LogP contribution is -2.54. The summed E-state index contributed by atoms with van der Waals surface area (Å²) in [6.07, 6.45) is 5.16. The van der Waals surface area contributed by atoms with Crippen LogP contribution in [0.15, 0.2) is 78.0 Å². The zero-order valence-electron chi connectivity index (χ0n) is 19.6. The van der Waals surface area contributed by atoms with Crippen molar-refractivity contribution in [3.63, 3.8) is 0 Å². The van der Waals surface area contributed by atoms with Gasteiger partial charge in [-0.3, -0.25) is 15.0 Å². The number of amides is 1. The molecule has 8 nitrogen and oxygen atoms in total. The monoisotopic (exact) mass is 532 g/mol. The van der Waals surface area contributed by atoms with Gasteiger partial charge in [-0.2, -0.15) is 0 Å². The molecule has 2 aromatic carbocycles. The molecule has 1 saturated heterocycles. The zero-order valence-corrected chi connectivity index (χ0v) is 21.3. The fourth-order valence-corrected chi connectivity index (χ4v) is 6.21. The smallest absolute Gasteiger partial charge is 0.265 e. The highest BCUT2D eigenvalue weighted by Gasteiger charge is 2.52. The van der Waals surface area contributed by atoms with Crippen molar-refractivity contribution in [2.45, 2.75) is 35.3 Å². The molecule has 4 rings (SSSR count). The number of nitrogens with one attached hydrogen (secondary N) is 1. The van der Waals surface area contributed by atoms with Crippen LogP contribution in [0.1, 0.15) is 24.8 Å². The molecule has 0 spiro atoms. The van der Waals surface area contributed by atoms with E-state index in [1.54, 1.807) is 18.3 Å². The maximum atomic E-state index is 13.3. The van der Waals surface area contributed by atoms with E-state index in [0.29, 0.717) is 12.4 Å². The molecule has 0 radical (unpaired) electrons. The Morgan fingerprint density at radius 2 is 1.78 bits per heavy atom. The van der Waals surface area contributed by atoms with Crippen molar-refractivity contribution in [1.29, 1.82) is 0 Å². The number of nitrogens with zero attached hydrogens (tertiary/aromatic N) is 1. The van der Waals surface area contributed by atoms with Crippen molar-refractivity contribution in [1.82, 2.24) is 10.5 Å². The number of hydroxylamine groups is 1. The zero-order chi connectivity index (χ0) is 24.7. The van der Waals surface area contributed by atoms with Gasteiger partial charge in [-0.15, -0.1) is 12.4 Å². The molecule has 1 aliphatic heterocycles. The maximum Gasteiger partial charge on any atom is 0.265 e. The van der Waals surface area contributed by atoms with E-state index >= 15 is 0 Å². The number of aryl methyl sites for hydroxylation is 1. The number of pyridine rings is 1. The SMILES string of the molecule is Cl.O=C(NO)C1(S(=O)(=O)c2ccc(OCCCc3cccc(-c4cccnc4)c3)cc2)CCOCC1. The molecule has 1 fully saturated rings. The first-order chi connectivity index (χ1) is 17.0. The summed E-state index contributed by atoms with van der Waals surface area (Å²) in [6, 6.07) is 18.3. The molecule has 36 heavy (non-hydrogen) atoms. The highest BCUT2D eigenvalue weighted by atomic mass is 35.5. The van der Waals surface area contributed by atoms with E-state index in [2.05, 4.69) is 23.2 Å². The minimum absolute atomic E-state index is 0. The Bertz CT molecular complexity index is 1250. The third-order valence-electron chi connectivity index (χ3n) is 6.26. The first-order valence-electron chi connectivity index (χ1n) is 11.5. The van der Waals surface area contributed by atoms with E-state index in [4.69, 9.17) is 14.7 Å². The lowest BCUT2D eigenvalue weighted by molar-refractivity contribution is -0.134. The van der Waals surface area contributed by atoms with Crippen LogP contribution < -0.4 is 10.2 Å². The molecule has 0 saturated carbocycles. The normalized spacial score (nSPS) is 14.9. The van der Waals surface area contributed by atoms with E-state index in [-0.39, 0.29) is 43.4 Å². The number of rotatable bonds is 9. The van der Waals surface area contributed by atoms with Crippen molar-refractivity contribution >= 4 is 28.2 Å². The van der Waals surface area contributed by atoms with Crippen LogP contribution in [0.4, 0.5) is 0 Å². The lowest BCUT2D eigenvalue weighted by atomic mass is 9.98. The molecule has 2 heterocycles. The van der Waals surface area contributed by atoms with E-state index in [1.165, 1.54) is 23.2 Å². The first-order valence-corrected chi connectivity index (χ1v) is 12.9. The van der Waals surface area contributed by atoms with Gasteiger partial charge in [0, 0.05) is 25.6 Å². The van der Waals surface area contributed by atoms with Crippen molar-refractivity contribution in [2.75, 3.05) is 19.8 Å². The molecule has 1 aliphatic rings. The van der Waals surface area contributed by atoms with Gasteiger partial charge >= 0.3 is 0 Å². The topological polar surface area (TPSA) is 115 Å². The van der Waals surface area contributed by atoms with Crippen LogP contribution in [0.25, 0.3) is 11.1 Å². The fourth-order valence-electron chi connectivity index (χ4n) is 4.27.